The van der Waals surface area contributed by atoms with Gasteiger partial charge in [0, 0.05) is 19.6 Å². The number of hydrogen-bond acceptors (Lipinski definition) is 7. The minimum Gasteiger partial charge on any atom is -0.393 e. The van der Waals surface area contributed by atoms with E-state index in [0.717, 1.165) is 18.2 Å². The smallest absolute Gasteiger partial charge is 0.265 e. The highest BCUT2D eigenvalue weighted by Gasteiger charge is 2.21. The third kappa shape index (κ3) is 4.29. The standard InChI is InChI=1S/C13H22N4O3S/c1-2-9(18)3-4-15-12(19)10-11(14)16-13(21-10)17-5-7-20-8-6-17/h9,18H,2-8,14H2,1H3,(H,15,19). The normalized spacial score (nSPS) is 16.8. The Bertz CT molecular complexity index is 474. The lowest BCUT2D eigenvalue weighted by Crippen LogP contribution is -2.36. The van der Waals surface area contributed by atoms with E-state index in [2.05, 4.69) is 15.2 Å². The van der Waals surface area contributed by atoms with Crippen LogP contribution in [0.3, 0.4) is 0 Å². The highest BCUT2D eigenvalue weighted by Crippen LogP contribution is 2.28. The predicted molar refractivity (Wildman–Crippen MR) is 82.8 cm³/mol. The second-order valence-electron chi connectivity index (χ2n) is 4.92. The molecule has 0 aliphatic carbocycles. The number of morpholine rings is 1. The number of thiazole rings is 1. The molecule has 1 atom stereocenters. The van der Waals surface area contributed by atoms with E-state index >= 15 is 0 Å². The van der Waals surface area contributed by atoms with Gasteiger partial charge >= 0.3 is 0 Å². The highest BCUT2D eigenvalue weighted by molar-refractivity contribution is 7.18. The van der Waals surface area contributed by atoms with Gasteiger partial charge in [-0.3, -0.25) is 4.79 Å². The molecule has 4 N–H and O–H groups in total. The number of nitrogens with two attached hydrogens (primary N) is 1. The van der Waals surface area contributed by atoms with E-state index in [-0.39, 0.29) is 17.8 Å². The number of aromatic nitrogens is 1. The first-order chi connectivity index (χ1) is 10.1. The number of hydrogen-bond donors (Lipinski definition) is 3. The van der Waals surface area contributed by atoms with Gasteiger partial charge in [-0.2, -0.15) is 0 Å². The molecule has 1 aliphatic heterocycles. The Labute approximate surface area is 128 Å². The van der Waals surface area contributed by atoms with Crippen molar-refractivity contribution in [3.05, 3.63) is 4.88 Å². The summed E-state index contributed by atoms with van der Waals surface area (Å²) in [5.74, 6) is 0.0304. The molecule has 0 radical (unpaired) electrons. The number of rotatable bonds is 6. The Morgan fingerprint density at radius 3 is 2.95 bits per heavy atom. The summed E-state index contributed by atoms with van der Waals surface area (Å²) in [6.07, 6.45) is 0.838. The summed E-state index contributed by atoms with van der Waals surface area (Å²) in [5, 5.41) is 13.0. The summed E-state index contributed by atoms with van der Waals surface area (Å²) in [7, 11) is 0. The highest BCUT2D eigenvalue weighted by atomic mass is 32.1. The van der Waals surface area contributed by atoms with Crippen LogP contribution in [0.1, 0.15) is 29.4 Å². The van der Waals surface area contributed by atoms with Crippen molar-refractivity contribution in [3.8, 4) is 0 Å². The van der Waals surface area contributed by atoms with Gasteiger partial charge in [0.2, 0.25) is 0 Å². The van der Waals surface area contributed by atoms with Gasteiger partial charge in [0.05, 0.1) is 19.3 Å². The number of ether oxygens (including phenoxy) is 1. The average molecular weight is 314 g/mol. The number of carbonyl (C=O) groups is 1. The lowest BCUT2D eigenvalue weighted by atomic mass is 10.2. The fraction of sp³-hybridized carbons (Fsp3) is 0.692. The molecule has 1 aliphatic rings. The molecular weight excluding hydrogens is 292 g/mol. The van der Waals surface area contributed by atoms with Crippen molar-refractivity contribution >= 4 is 28.2 Å². The number of aliphatic hydroxyl groups is 1. The fourth-order valence-electron chi connectivity index (χ4n) is 2.01. The van der Waals surface area contributed by atoms with Crippen molar-refractivity contribution in [1.82, 2.24) is 10.3 Å². The fourth-order valence-corrected chi connectivity index (χ4v) is 2.96. The molecule has 1 unspecified atom stereocenters. The van der Waals surface area contributed by atoms with Gasteiger partial charge in [0.25, 0.3) is 5.91 Å². The minimum atomic E-state index is -0.381. The Hall–Kier alpha value is -1.38. The first-order valence-corrected chi connectivity index (χ1v) is 7.98. The van der Waals surface area contributed by atoms with E-state index < -0.39 is 0 Å². The van der Waals surface area contributed by atoms with Crippen LogP contribution in [0.25, 0.3) is 0 Å². The van der Waals surface area contributed by atoms with Crippen LogP contribution in [0.2, 0.25) is 0 Å². The van der Waals surface area contributed by atoms with E-state index in [1.54, 1.807) is 0 Å². The van der Waals surface area contributed by atoms with E-state index in [0.29, 0.717) is 37.5 Å². The van der Waals surface area contributed by atoms with Gasteiger partial charge in [0.1, 0.15) is 10.7 Å². The van der Waals surface area contributed by atoms with Gasteiger partial charge in [0.15, 0.2) is 5.13 Å². The van der Waals surface area contributed by atoms with E-state index in [1.165, 1.54) is 11.3 Å². The van der Waals surface area contributed by atoms with Crippen molar-refractivity contribution in [3.63, 3.8) is 0 Å². The summed E-state index contributed by atoms with van der Waals surface area (Å²) in [6.45, 7) is 5.18. The van der Waals surface area contributed by atoms with Crippen LogP contribution in [-0.4, -0.2) is 54.9 Å². The van der Waals surface area contributed by atoms with E-state index in [1.807, 2.05) is 6.92 Å². The maximum absolute atomic E-state index is 12.1. The van der Waals surface area contributed by atoms with Crippen LogP contribution >= 0.6 is 11.3 Å². The number of aliphatic hydroxyl groups excluding tert-OH is 1. The molecule has 0 aromatic carbocycles. The average Bonchev–Trinajstić information content (AvgIpc) is 2.90. The summed E-state index contributed by atoms with van der Waals surface area (Å²) in [5.41, 5.74) is 5.84. The summed E-state index contributed by atoms with van der Waals surface area (Å²) >= 11 is 1.30. The summed E-state index contributed by atoms with van der Waals surface area (Å²) in [4.78, 5) is 18.9. The zero-order valence-electron chi connectivity index (χ0n) is 12.2. The topological polar surface area (TPSA) is 101 Å². The number of amides is 1. The van der Waals surface area contributed by atoms with Gasteiger partial charge in [-0.15, -0.1) is 0 Å². The number of nitrogens with one attached hydrogen (secondary N) is 1. The van der Waals surface area contributed by atoms with Crippen molar-refractivity contribution in [1.29, 1.82) is 0 Å². The van der Waals surface area contributed by atoms with Crippen LogP contribution in [0.15, 0.2) is 0 Å². The lowest BCUT2D eigenvalue weighted by Gasteiger charge is -2.25. The number of nitrogens with zero attached hydrogens (tertiary/aromatic N) is 2. The zero-order chi connectivity index (χ0) is 15.2. The SMILES string of the molecule is CCC(O)CCNC(=O)c1sc(N2CCOCC2)nc1N. The molecule has 2 rings (SSSR count). The molecule has 1 saturated heterocycles. The first-order valence-electron chi connectivity index (χ1n) is 7.17. The van der Waals surface area contributed by atoms with Gasteiger partial charge in [-0.1, -0.05) is 18.3 Å². The Morgan fingerprint density at radius 1 is 1.57 bits per heavy atom. The van der Waals surface area contributed by atoms with Crippen molar-refractivity contribution in [2.75, 3.05) is 43.5 Å². The minimum absolute atomic E-state index is 0.229. The van der Waals surface area contributed by atoms with Gasteiger partial charge < -0.3 is 25.8 Å². The van der Waals surface area contributed by atoms with Crippen LogP contribution in [0, 0.1) is 0 Å². The number of carbonyl (C=O) groups excluding carboxylic acids is 1. The molecule has 1 aromatic rings. The third-order valence-electron chi connectivity index (χ3n) is 3.36. The maximum atomic E-state index is 12.1. The van der Waals surface area contributed by atoms with Crippen molar-refractivity contribution in [2.24, 2.45) is 0 Å². The van der Waals surface area contributed by atoms with Crippen molar-refractivity contribution in [2.45, 2.75) is 25.9 Å². The van der Waals surface area contributed by atoms with Gasteiger partial charge in [-0.25, -0.2) is 4.98 Å². The number of anilines is 2. The largest absolute Gasteiger partial charge is 0.393 e. The molecule has 1 fully saturated rings. The summed E-state index contributed by atoms with van der Waals surface area (Å²) < 4.78 is 5.29. The van der Waals surface area contributed by atoms with Gasteiger partial charge in [-0.05, 0) is 12.8 Å². The molecule has 2 heterocycles. The van der Waals surface area contributed by atoms with Crippen LogP contribution < -0.4 is 16.0 Å². The second kappa shape index (κ2) is 7.58. The van der Waals surface area contributed by atoms with Crippen molar-refractivity contribution < 1.29 is 14.6 Å². The Balaban J connectivity index is 1.93. The predicted octanol–water partition coefficient (Wildman–Crippen LogP) is 0.453. The quantitative estimate of drug-likeness (QED) is 0.705. The molecule has 1 amide bonds. The zero-order valence-corrected chi connectivity index (χ0v) is 13.0. The molecule has 0 saturated carbocycles. The molecule has 1 aromatic heterocycles. The monoisotopic (exact) mass is 314 g/mol. The molecule has 0 spiro atoms. The molecular formula is C13H22N4O3S. The van der Waals surface area contributed by atoms with Crippen LogP contribution in [-0.2, 0) is 4.74 Å². The maximum Gasteiger partial charge on any atom is 0.265 e. The Morgan fingerprint density at radius 2 is 2.29 bits per heavy atom. The molecule has 8 heteroatoms. The molecule has 7 nitrogen and oxygen atoms in total. The second-order valence-corrected chi connectivity index (χ2v) is 5.89. The molecule has 0 bridgehead atoms. The number of nitrogen functional groups attached to an aromatic ring is 1. The van der Waals surface area contributed by atoms with E-state index in [9.17, 15) is 9.90 Å². The van der Waals surface area contributed by atoms with Crippen LogP contribution in [0.4, 0.5) is 10.9 Å². The van der Waals surface area contributed by atoms with Crippen LogP contribution in [0.5, 0.6) is 0 Å². The first kappa shape index (κ1) is 16.0. The molecule has 118 valence electrons. The lowest BCUT2D eigenvalue weighted by molar-refractivity contribution is 0.0946. The Kier molecular flexibility index (Phi) is 5.77. The summed E-state index contributed by atoms with van der Waals surface area (Å²) in [6, 6.07) is 0. The third-order valence-corrected chi connectivity index (χ3v) is 4.50. The van der Waals surface area contributed by atoms with E-state index in [4.69, 9.17) is 10.5 Å². The molecule has 21 heavy (non-hydrogen) atoms.